The van der Waals surface area contributed by atoms with E-state index < -0.39 is 12.1 Å². The van der Waals surface area contributed by atoms with Crippen LogP contribution in [0.2, 0.25) is 0 Å². The van der Waals surface area contributed by atoms with E-state index in [1.54, 1.807) is 0 Å². The summed E-state index contributed by atoms with van der Waals surface area (Å²) in [5.74, 6) is -0.988. The van der Waals surface area contributed by atoms with Gasteiger partial charge in [0.2, 0.25) is 0 Å². The lowest BCUT2D eigenvalue weighted by molar-refractivity contribution is -0.139. The van der Waals surface area contributed by atoms with Crippen molar-refractivity contribution in [3.8, 4) is 0 Å². The molecule has 1 unspecified atom stereocenters. The molecule has 0 bridgehead atoms. The zero-order chi connectivity index (χ0) is 13.8. The van der Waals surface area contributed by atoms with Crippen LogP contribution in [0.5, 0.6) is 0 Å². The average Bonchev–Trinajstić information content (AvgIpc) is 2.65. The van der Waals surface area contributed by atoms with E-state index in [4.69, 9.17) is 5.11 Å². The number of hydrogen-bond acceptors (Lipinski definition) is 3. The highest BCUT2D eigenvalue weighted by atomic mass is 16.4. The molecule has 4 N–H and O–H groups in total. The SMILES string of the molecule is Cc1[nH]c2ccccc2c1CNCC(O)CC(=O)O. The number of benzene rings is 1. The number of aromatic nitrogens is 1. The Morgan fingerprint density at radius 3 is 2.89 bits per heavy atom. The number of aliphatic hydroxyl groups is 1. The lowest BCUT2D eigenvalue weighted by Crippen LogP contribution is -2.28. The number of carboxylic acids is 1. The molecule has 1 heterocycles. The number of aryl methyl sites for hydroxylation is 1. The summed E-state index contributed by atoms with van der Waals surface area (Å²) in [6.45, 7) is 2.88. The van der Waals surface area contributed by atoms with E-state index in [0.29, 0.717) is 6.54 Å². The second-order valence-electron chi connectivity index (χ2n) is 4.66. The lowest BCUT2D eigenvalue weighted by atomic mass is 10.1. The minimum absolute atomic E-state index is 0.236. The molecule has 0 saturated heterocycles. The van der Waals surface area contributed by atoms with Crippen LogP contribution in [0.3, 0.4) is 0 Å². The van der Waals surface area contributed by atoms with E-state index in [2.05, 4.69) is 10.3 Å². The fraction of sp³-hybridized carbons (Fsp3) is 0.357. The van der Waals surface area contributed by atoms with E-state index in [9.17, 15) is 9.90 Å². The smallest absolute Gasteiger partial charge is 0.306 e. The fourth-order valence-corrected chi connectivity index (χ4v) is 2.20. The fourth-order valence-electron chi connectivity index (χ4n) is 2.20. The molecule has 0 amide bonds. The van der Waals surface area contributed by atoms with Gasteiger partial charge in [-0.2, -0.15) is 0 Å². The van der Waals surface area contributed by atoms with Crippen LogP contribution in [0.25, 0.3) is 10.9 Å². The van der Waals surface area contributed by atoms with Crippen molar-refractivity contribution in [2.75, 3.05) is 6.54 Å². The third kappa shape index (κ3) is 3.33. The van der Waals surface area contributed by atoms with Crippen molar-refractivity contribution in [3.05, 3.63) is 35.5 Å². The van der Waals surface area contributed by atoms with E-state index in [1.165, 1.54) is 0 Å². The Balaban J connectivity index is 1.98. The van der Waals surface area contributed by atoms with E-state index in [1.807, 2.05) is 31.2 Å². The highest BCUT2D eigenvalue weighted by Crippen LogP contribution is 2.21. The Morgan fingerprint density at radius 1 is 1.42 bits per heavy atom. The lowest BCUT2D eigenvalue weighted by Gasteiger charge is -2.09. The monoisotopic (exact) mass is 262 g/mol. The first-order valence-electron chi connectivity index (χ1n) is 6.24. The molecule has 0 fully saturated rings. The van der Waals surface area contributed by atoms with Gasteiger partial charge < -0.3 is 20.5 Å². The summed E-state index contributed by atoms with van der Waals surface area (Å²) in [6, 6.07) is 8.03. The predicted octanol–water partition coefficient (Wildman–Crippen LogP) is 1.40. The maximum atomic E-state index is 10.4. The van der Waals surface area contributed by atoms with Gasteiger partial charge in [-0.25, -0.2) is 0 Å². The summed E-state index contributed by atoms with van der Waals surface area (Å²) in [4.78, 5) is 13.7. The van der Waals surface area contributed by atoms with Crippen LogP contribution in [0, 0.1) is 6.92 Å². The van der Waals surface area contributed by atoms with Crippen molar-refractivity contribution in [1.29, 1.82) is 0 Å². The zero-order valence-corrected chi connectivity index (χ0v) is 10.8. The Bertz CT molecular complexity index is 577. The van der Waals surface area contributed by atoms with Gasteiger partial charge in [0, 0.05) is 29.7 Å². The molecule has 0 radical (unpaired) electrons. The van der Waals surface area contributed by atoms with Crippen LogP contribution in [-0.4, -0.2) is 33.8 Å². The Labute approximate surface area is 111 Å². The first-order valence-corrected chi connectivity index (χ1v) is 6.24. The van der Waals surface area contributed by atoms with Gasteiger partial charge in [0.25, 0.3) is 0 Å². The summed E-state index contributed by atoms with van der Waals surface area (Å²) in [7, 11) is 0. The Morgan fingerprint density at radius 2 is 2.16 bits per heavy atom. The van der Waals surface area contributed by atoms with Crippen LogP contribution < -0.4 is 5.32 Å². The van der Waals surface area contributed by atoms with Crippen molar-refractivity contribution in [2.24, 2.45) is 0 Å². The second-order valence-corrected chi connectivity index (χ2v) is 4.66. The number of aliphatic carboxylic acids is 1. The van der Waals surface area contributed by atoms with Crippen molar-refractivity contribution in [3.63, 3.8) is 0 Å². The van der Waals surface area contributed by atoms with Gasteiger partial charge in [-0.05, 0) is 18.6 Å². The molecule has 0 aliphatic heterocycles. The van der Waals surface area contributed by atoms with E-state index in [0.717, 1.165) is 22.2 Å². The quantitative estimate of drug-likeness (QED) is 0.634. The number of aliphatic hydroxyl groups excluding tert-OH is 1. The van der Waals surface area contributed by atoms with Gasteiger partial charge in [0.05, 0.1) is 12.5 Å². The van der Waals surface area contributed by atoms with Crippen LogP contribution in [0.4, 0.5) is 0 Å². The van der Waals surface area contributed by atoms with Crippen molar-refractivity contribution in [1.82, 2.24) is 10.3 Å². The highest BCUT2D eigenvalue weighted by molar-refractivity contribution is 5.84. The van der Waals surface area contributed by atoms with Gasteiger partial charge in [0.15, 0.2) is 0 Å². The predicted molar refractivity (Wildman–Crippen MR) is 73.0 cm³/mol. The average molecular weight is 262 g/mol. The van der Waals surface area contributed by atoms with Gasteiger partial charge in [0.1, 0.15) is 0 Å². The highest BCUT2D eigenvalue weighted by Gasteiger charge is 2.11. The molecule has 2 aromatic rings. The van der Waals surface area contributed by atoms with Gasteiger partial charge >= 0.3 is 5.97 Å². The number of H-pyrrole nitrogens is 1. The number of rotatable bonds is 6. The van der Waals surface area contributed by atoms with Gasteiger partial charge in [-0.15, -0.1) is 0 Å². The number of aromatic amines is 1. The number of nitrogens with one attached hydrogen (secondary N) is 2. The largest absolute Gasteiger partial charge is 0.481 e. The second kappa shape index (κ2) is 5.86. The number of hydrogen-bond donors (Lipinski definition) is 4. The topological polar surface area (TPSA) is 85.4 Å². The van der Waals surface area contributed by atoms with Gasteiger partial charge in [-0.1, -0.05) is 18.2 Å². The van der Waals surface area contributed by atoms with Crippen molar-refractivity contribution < 1.29 is 15.0 Å². The van der Waals surface area contributed by atoms with E-state index in [-0.39, 0.29) is 13.0 Å². The van der Waals surface area contributed by atoms with Gasteiger partial charge in [-0.3, -0.25) is 4.79 Å². The maximum absolute atomic E-state index is 10.4. The maximum Gasteiger partial charge on any atom is 0.306 e. The van der Waals surface area contributed by atoms with Crippen LogP contribution in [-0.2, 0) is 11.3 Å². The summed E-state index contributed by atoms with van der Waals surface area (Å²) in [5, 5.41) is 22.3. The van der Waals surface area contributed by atoms with Crippen LogP contribution >= 0.6 is 0 Å². The molecular formula is C14H18N2O3. The zero-order valence-electron chi connectivity index (χ0n) is 10.8. The van der Waals surface area contributed by atoms with E-state index >= 15 is 0 Å². The van der Waals surface area contributed by atoms with Crippen LogP contribution in [0.15, 0.2) is 24.3 Å². The summed E-state index contributed by atoms with van der Waals surface area (Å²) in [5.41, 5.74) is 3.32. The molecule has 0 saturated carbocycles. The summed E-state index contributed by atoms with van der Waals surface area (Å²) >= 11 is 0. The first kappa shape index (κ1) is 13.6. The van der Waals surface area contributed by atoms with Crippen molar-refractivity contribution >= 4 is 16.9 Å². The molecule has 2 rings (SSSR count). The molecule has 0 aliphatic carbocycles. The van der Waals surface area contributed by atoms with Crippen molar-refractivity contribution in [2.45, 2.75) is 26.0 Å². The molecule has 1 aromatic heterocycles. The number of fused-ring (bicyclic) bond motifs is 1. The Hall–Kier alpha value is -1.85. The van der Waals surface area contributed by atoms with Crippen LogP contribution in [0.1, 0.15) is 17.7 Å². The molecule has 1 atom stereocenters. The molecule has 5 heteroatoms. The molecular weight excluding hydrogens is 244 g/mol. The normalized spacial score (nSPS) is 12.7. The minimum Gasteiger partial charge on any atom is -0.481 e. The molecule has 19 heavy (non-hydrogen) atoms. The minimum atomic E-state index is -0.988. The molecule has 5 nitrogen and oxygen atoms in total. The molecule has 1 aromatic carbocycles. The third-order valence-electron chi connectivity index (χ3n) is 3.12. The third-order valence-corrected chi connectivity index (χ3v) is 3.12. The molecule has 0 spiro atoms. The summed E-state index contributed by atoms with van der Waals surface area (Å²) in [6.07, 6.45) is -1.09. The molecule has 102 valence electrons. The number of para-hydroxylation sites is 1. The number of carboxylic acid groups (broad SMARTS) is 1. The standard InChI is InChI=1S/C14H18N2O3/c1-9-12(8-15-7-10(17)6-14(18)19)11-4-2-3-5-13(11)16-9/h2-5,10,15-17H,6-8H2,1H3,(H,18,19). The number of carbonyl (C=O) groups is 1. The molecule has 0 aliphatic rings. The first-order chi connectivity index (χ1) is 9.08. The Kier molecular flexibility index (Phi) is 4.19. The summed E-state index contributed by atoms with van der Waals surface area (Å²) < 4.78 is 0.